The summed E-state index contributed by atoms with van der Waals surface area (Å²) >= 11 is 0. The molecule has 0 bridgehead atoms. The van der Waals surface area contributed by atoms with E-state index in [0.717, 1.165) is 0 Å². The first-order valence-electron chi connectivity index (χ1n) is 5.51. The molecule has 5 nitrogen and oxygen atoms in total. The highest BCUT2D eigenvalue weighted by atomic mass is 16.7. The Morgan fingerprint density at radius 2 is 2.19 bits per heavy atom. The molecule has 0 fully saturated rings. The summed E-state index contributed by atoms with van der Waals surface area (Å²) in [5, 5.41) is 12.1. The Morgan fingerprint density at radius 3 is 2.75 bits per heavy atom. The van der Waals surface area contributed by atoms with Crippen molar-refractivity contribution in [2.75, 3.05) is 6.61 Å². The Hall–Kier alpha value is -1.57. The number of hydrogen-bond acceptors (Lipinski definition) is 5. The van der Waals surface area contributed by atoms with Crippen LogP contribution in [0.15, 0.2) is 5.16 Å². The van der Waals surface area contributed by atoms with Gasteiger partial charge in [-0.1, -0.05) is 13.8 Å². The molecule has 0 N–H and O–H groups in total. The smallest absolute Gasteiger partial charge is 0.350 e. The molecule has 0 saturated heterocycles. The normalized spacial score (nSPS) is 17.6. The minimum Gasteiger partial charge on any atom is -0.478 e. The van der Waals surface area contributed by atoms with Crippen LogP contribution in [0.25, 0.3) is 0 Å². The van der Waals surface area contributed by atoms with Gasteiger partial charge < -0.3 is 9.57 Å². The second-order valence-corrected chi connectivity index (χ2v) is 3.67. The summed E-state index contributed by atoms with van der Waals surface area (Å²) in [7, 11) is 0. The average Bonchev–Trinajstić information content (AvgIpc) is 2.62. The van der Waals surface area contributed by atoms with Gasteiger partial charge in [-0.3, -0.25) is 0 Å². The van der Waals surface area contributed by atoms with Crippen molar-refractivity contribution in [2.45, 2.75) is 39.5 Å². The van der Waals surface area contributed by atoms with Gasteiger partial charge in [-0.25, -0.2) is 4.79 Å². The number of unbranched alkanes of at least 4 members (excludes halogenated alkanes) is 1. The summed E-state index contributed by atoms with van der Waals surface area (Å²) in [4.78, 5) is 16.3. The Balaban J connectivity index is 2.59. The van der Waals surface area contributed by atoms with Gasteiger partial charge in [0, 0.05) is 6.42 Å². The lowest BCUT2D eigenvalue weighted by molar-refractivity contribution is -0.148. The molecule has 1 rings (SSSR count). The summed E-state index contributed by atoms with van der Waals surface area (Å²) in [6, 6.07) is 2.03. The number of ether oxygens (including phenoxy) is 1. The fourth-order valence-corrected chi connectivity index (χ4v) is 1.67. The minimum absolute atomic E-state index is 0.340. The first-order valence-corrected chi connectivity index (χ1v) is 5.51. The maximum Gasteiger partial charge on any atom is 0.350 e. The van der Waals surface area contributed by atoms with Crippen molar-refractivity contribution in [1.82, 2.24) is 0 Å². The number of nitrogens with zero attached hydrogens (tertiary/aromatic N) is 2. The van der Waals surface area contributed by atoms with E-state index in [1.165, 1.54) is 0 Å². The van der Waals surface area contributed by atoms with Gasteiger partial charge in [0.25, 0.3) is 0 Å². The molecule has 0 aromatic heterocycles. The summed E-state index contributed by atoms with van der Waals surface area (Å²) in [6.07, 6.45) is 2.29. The van der Waals surface area contributed by atoms with Crippen LogP contribution in [-0.4, -0.2) is 18.5 Å². The molecule has 1 aliphatic rings. The minimum atomic E-state index is -0.716. The first kappa shape index (κ1) is 12.5. The summed E-state index contributed by atoms with van der Waals surface area (Å²) in [6.45, 7) is 4.21. The predicted octanol–water partition coefficient (Wildman–Crippen LogP) is 1.98. The largest absolute Gasteiger partial charge is 0.478 e. The maximum absolute atomic E-state index is 11.6. The molecule has 0 aromatic rings. The molecule has 16 heavy (non-hydrogen) atoms. The van der Waals surface area contributed by atoms with Gasteiger partial charge in [0.05, 0.1) is 12.7 Å². The molecule has 5 heteroatoms. The zero-order chi connectivity index (χ0) is 12.0. The fraction of sp³-hybridized carbons (Fsp3) is 0.727. The molecule has 0 spiro atoms. The zero-order valence-electron chi connectivity index (χ0n) is 9.65. The van der Waals surface area contributed by atoms with Crippen LogP contribution in [0.3, 0.4) is 0 Å². The van der Waals surface area contributed by atoms with Gasteiger partial charge in [0.1, 0.15) is 5.41 Å². The summed E-state index contributed by atoms with van der Waals surface area (Å²) < 4.78 is 5.43. The van der Waals surface area contributed by atoms with Gasteiger partial charge in [0.2, 0.25) is 5.90 Å². The Kier molecular flexibility index (Phi) is 4.29. The van der Waals surface area contributed by atoms with Crippen LogP contribution in [0.1, 0.15) is 39.5 Å². The number of rotatable bonds is 5. The van der Waals surface area contributed by atoms with Crippen LogP contribution < -0.4 is 0 Å². The second kappa shape index (κ2) is 5.50. The lowest BCUT2D eigenvalue weighted by Crippen LogP contribution is -2.35. The Bertz CT molecular complexity index is 327. The Morgan fingerprint density at radius 1 is 1.50 bits per heavy atom. The molecule has 0 saturated carbocycles. The SMILES string of the molecule is CCC1(CC)C(=O)ON=C1OCCCC#N. The van der Waals surface area contributed by atoms with Crippen molar-refractivity contribution < 1.29 is 14.4 Å². The molecule has 0 unspecified atom stereocenters. The molecule has 0 aliphatic carbocycles. The molecule has 0 aromatic carbocycles. The maximum atomic E-state index is 11.6. The highest BCUT2D eigenvalue weighted by Crippen LogP contribution is 2.35. The van der Waals surface area contributed by atoms with E-state index in [-0.39, 0.29) is 5.97 Å². The van der Waals surface area contributed by atoms with Gasteiger partial charge in [-0.05, 0) is 24.4 Å². The van der Waals surface area contributed by atoms with Crippen LogP contribution in [-0.2, 0) is 14.4 Å². The standard InChI is InChI=1S/C11H16N2O3/c1-3-11(4-2)9(13-16-10(11)14)15-8-6-5-7-12/h3-6,8H2,1-2H3. The van der Waals surface area contributed by atoms with Gasteiger partial charge in [-0.2, -0.15) is 5.26 Å². The molecule has 0 amide bonds. The quantitative estimate of drug-likeness (QED) is 0.528. The lowest BCUT2D eigenvalue weighted by Gasteiger charge is -2.22. The van der Waals surface area contributed by atoms with E-state index in [2.05, 4.69) is 9.99 Å². The van der Waals surface area contributed by atoms with E-state index >= 15 is 0 Å². The highest BCUT2D eigenvalue weighted by Gasteiger charge is 2.49. The van der Waals surface area contributed by atoms with Crippen molar-refractivity contribution in [3.63, 3.8) is 0 Å². The van der Waals surface area contributed by atoms with Gasteiger partial charge >= 0.3 is 5.97 Å². The third kappa shape index (κ3) is 2.16. The highest BCUT2D eigenvalue weighted by molar-refractivity contribution is 6.05. The monoisotopic (exact) mass is 224 g/mol. The number of nitriles is 1. The molecular weight excluding hydrogens is 208 g/mol. The van der Waals surface area contributed by atoms with E-state index in [1.807, 2.05) is 19.9 Å². The molecule has 0 radical (unpaired) electrons. The third-order valence-electron chi connectivity index (χ3n) is 2.89. The first-order chi connectivity index (χ1) is 7.71. The molecule has 1 aliphatic heterocycles. The second-order valence-electron chi connectivity index (χ2n) is 3.67. The van der Waals surface area contributed by atoms with E-state index in [0.29, 0.717) is 38.2 Å². The van der Waals surface area contributed by atoms with Crippen LogP contribution in [0.5, 0.6) is 0 Å². The number of hydrogen-bond donors (Lipinski definition) is 0. The summed E-state index contributed by atoms with van der Waals surface area (Å²) in [5.74, 6) is 0.0215. The molecular formula is C11H16N2O3. The third-order valence-corrected chi connectivity index (χ3v) is 2.89. The van der Waals surface area contributed by atoms with Crippen LogP contribution in [0.2, 0.25) is 0 Å². The van der Waals surface area contributed by atoms with E-state index in [4.69, 9.17) is 10.00 Å². The van der Waals surface area contributed by atoms with Crippen LogP contribution >= 0.6 is 0 Å². The fourth-order valence-electron chi connectivity index (χ4n) is 1.67. The summed E-state index contributed by atoms with van der Waals surface area (Å²) in [5.41, 5.74) is -0.716. The predicted molar refractivity (Wildman–Crippen MR) is 57.3 cm³/mol. The van der Waals surface area contributed by atoms with Crippen molar-refractivity contribution >= 4 is 11.9 Å². The topological polar surface area (TPSA) is 71.7 Å². The average molecular weight is 224 g/mol. The number of carbonyl (C=O) groups is 1. The zero-order valence-corrected chi connectivity index (χ0v) is 9.65. The lowest BCUT2D eigenvalue weighted by atomic mass is 9.82. The molecule has 1 heterocycles. The van der Waals surface area contributed by atoms with E-state index in [9.17, 15) is 4.79 Å². The van der Waals surface area contributed by atoms with E-state index < -0.39 is 5.41 Å². The molecule has 0 atom stereocenters. The Labute approximate surface area is 95.0 Å². The number of carbonyl (C=O) groups excluding carboxylic acids is 1. The number of oxime groups is 1. The van der Waals surface area contributed by atoms with Gasteiger partial charge in [0.15, 0.2) is 0 Å². The van der Waals surface area contributed by atoms with Crippen molar-refractivity contribution in [2.24, 2.45) is 10.6 Å². The van der Waals surface area contributed by atoms with Crippen LogP contribution in [0, 0.1) is 16.7 Å². The van der Waals surface area contributed by atoms with Crippen molar-refractivity contribution in [3.05, 3.63) is 0 Å². The molecule has 88 valence electrons. The van der Waals surface area contributed by atoms with Crippen molar-refractivity contribution in [1.29, 1.82) is 5.26 Å². The van der Waals surface area contributed by atoms with E-state index in [1.54, 1.807) is 0 Å². The van der Waals surface area contributed by atoms with Crippen LogP contribution in [0.4, 0.5) is 0 Å². The van der Waals surface area contributed by atoms with Crippen molar-refractivity contribution in [3.8, 4) is 6.07 Å². The van der Waals surface area contributed by atoms with Gasteiger partial charge in [-0.15, -0.1) is 0 Å².